The van der Waals surface area contributed by atoms with E-state index < -0.39 is 5.82 Å². The number of nitrogens with zero attached hydrogens (tertiary/aromatic N) is 2. The third kappa shape index (κ3) is 4.80. The Morgan fingerprint density at radius 3 is 2.55 bits per heavy atom. The van der Waals surface area contributed by atoms with Gasteiger partial charge in [0.05, 0.1) is 30.4 Å². The lowest BCUT2D eigenvalue weighted by Crippen LogP contribution is -2.00. The maximum absolute atomic E-state index is 13.5. The van der Waals surface area contributed by atoms with Crippen LogP contribution < -0.4 is 9.47 Å². The molecule has 0 aliphatic rings. The van der Waals surface area contributed by atoms with Crippen LogP contribution in [0.3, 0.4) is 0 Å². The normalized spacial score (nSPS) is 10.7. The average molecular weight is 384 g/mol. The molecule has 142 valence electrons. The second-order valence-corrected chi connectivity index (χ2v) is 6.15. The van der Waals surface area contributed by atoms with Gasteiger partial charge in [0.25, 0.3) is 0 Å². The van der Waals surface area contributed by atoms with Gasteiger partial charge >= 0.3 is 0 Å². The highest BCUT2D eigenvalue weighted by Gasteiger charge is 2.09. The predicted octanol–water partition coefficient (Wildman–Crippen LogP) is 5.35. The highest BCUT2D eigenvalue weighted by molar-refractivity contribution is 5.89. The van der Waals surface area contributed by atoms with Crippen LogP contribution >= 0.6 is 0 Å². The summed E-state index contributed by atoms with van der Waals surface area (Å²) in [4.78, 5) is 0. The third-order valence-electron chi connectivity index (χ3n) is 4.28. The van der Waals surface area contributed by atoms with Gasteiger partial charge in [-0.2, -0.15) is 10.5 Å². The van der Waals surface area contributed by atoms with Crippen molar-refractivity contribution in [1.82, 2.24) is 0 Å². The Morgan fingerprint density at radius 1 is 1.00 bits per heavy atom. The maximum Gasteiger partial charge on any atom is 0.161 e. The highest BCUT2D eigenvalue weighted by atomic mass is 19.1. The molecule has 3 aromatic rings. The van der Waals surface area contributed by atoms with E-state index in [2.05, 4.69) is 12.1 Å². The highest BCUT2D eigenvalue weighted by Crippen LogP contribution is 2.30. The molecule has 0 fully saturated rings. The Kier molecular flexibility index (Phi) is 6.25. The second kappa shape index (κ2) is 9.21. The lowest BCUT2D eigenvalue weighted by molar-refractivity contribution is 0.284. The van der Waals surface area contributed by atoms with E-state index in [9.17, 15) is 14.9 Å². The Balaban J connectivity index is 1.85. The molecule has 0 saturated heterocycles. The SMILES string of the molecule is COc1cc(/C=C(/C#N)c2cccc(F)c2)ccc1OCc1ccccc1C#N. The fraction of sp³-hybridized carbons (Fsp3) is 0.0833. The summed E-state index contributed by atoms with van der Waals surface area (Å²) in [7, 11) is 1.52. The van der Waals surface area contributed by atoms with Crippen molar-refractivity contribution in [3.05, 3.63) is 94.8 Å². The molecule has 0 aliphatic heterocycles. The third-order valence-corrected chi connectivity index (χ3v) is 4.28. The van der Waals surface area contributed by atoms with E-state index in [1.807, 2.05) is 12.1 Å². The van der Waals surface area contributed by atoms with Crippen molar-refractivity contribution in [1.29, 1.82) is 10.5 Å². The van der Waals surface area contributed by atoms with E-state index in [0.29, 0.717) is 33.8 Å². The van der Waals surface area contributed by atoms with Gasteiger partial charge in [-0.3, -0.25) is 0 Å². The number of methoxy groups -OCH3 is 1. The van der Waals surface area contributed by atoms with Gasteiger partial charge in [0, 0.05) is 5.56 Å². The standard InChI is InChI=1S/C24H17FN2O2/c1-28-24-12-17(11-21(15-27)18-7-4-8-22(25)13-18)9-10-23(24)29-16-20-6-3-2-5-19(20)14-26/h2-13H,16H2,1H3/b21-11-. The van der Waals surface area contributed by atoms with Gasteiger partial charge in [-0.15, -0.1) is 0 Å². The van der Waals surface area contributed by atoms with E-state index in [1.54, 1.807) is 48.5 Å². The van der Waals surface area contributed by atoms with Crippen molar-refractivity contribution in [3.63, 3.8) is 0 Å². The summed E-state index contributed by atoms with van der Waals surface area (Å²) >= 11 is 0. The molecule has 0 radical (unpaired) electrons. The van der Waals surface area contributed by atoms with Crippen LogP contribution in [0.1, 0.15) is 22.3 Å². The van der Waals surface area contributed by atoms with Crippen molar-refractivity contribution in [3.8, 4) is 23.6 Å². The monoisotopic (exact) mass is 384 g/mol. The lowest BCUT2D eigenvalue weighted by Gasteiger charge is -2.12. The quantitative estimate of drug-likeness (QED) is 0.424. The van der Waals surface area contributed by atoms with Gasteiger partial charge in [-0.05, 0) is 47.5 Å². The summed E-state index contributed by atoms with van der Waals surface area (Å²) in [6.45, 7) is 0.224. The van der Waals surface area contributed by atoms with Crippen LogP contribution in [0.4, 0.5) is 4.39 Å². The van der Waals surface area contributed by atoms with Crippen LogP contribution in [0.15, 0.2) is 66.7 Å². The molecule has 0 aliphatic carbocycles. The fourth-order valence-corrected chi connectivity index (χ4v) is 2.81. The maximum atomic E-state index is 13.5. The minimum Gasteiger partial charge on any atom is -0.493 e. The van der Waals surface area contributed by atoms with E-state index in [1.165, 1.54) is 19.2 Å². The van der Waals surface area contributed by atoms with Crippen molar-refractivity contribution in [2.45, 2.75) is 6.61 Å². The number of hydrogen-bond donors (Lipinski definition) is 0. The zero-order valence-electron chi connectivity index (χ0n) is 15.7. The molecule has 3 rings (SSSR count). The zero-order valence-corrected chi connectivity index (χ0v) is 15.7. The molecule has 0 amide bonds. The van der Waals surface area contributed by atoms with Crippen LogP contribution in [0.2, 0.25) is 0 Å². The van der Waals surface area contributed by atoms with Crippen molar-refractivity contribution in [2.24, 2.45) is 0 Å². The Labute approximate surface area is 168 Å². The minimum absolute atomic E-state index is 0.224. The number of hydrogen-bond acceptors (Lipinski definition) is 4. The first-order valence-corrected chi connectivity index (χ1v) is 8.81. The fourth-order valence-electron chi connectivity index (χ4n) is 2.81. The first-order chi connectivity index (χ1) is 14.1. The van der Waals surface area contributed by atoms with E-state index >= 15 is 0 Å². The summed E-state index contributed by atoms with van der Waals surface area (Å²) in [5.74, 6) is 0.606. The topological polar surface area (TPSA) is 66.0 Å². The summed E-state index contributed by atoms with van der Waals surface area (Å²) < 4.78 is 24.7. The lowest BCUT2D eigenvalue weighted by atomic mass is 10.0. The molecule has 0 aromatic heterocycles. The van der Waals surface area contributed by atoms with Crippen LogP contribution in [0.25, 0.3) is 11.6 Å². The molecule has 4 nitrogen and oxygen atoms in total. The van der Waals surface area contributed by atoms with Gasteiger partial charge in [-0.25, -0.2) is 4.39 Å². The van der Waals surface area contributed by atoms with E-state index in [4.69, 9.17) is 9.47 Å². The van der Waals surface area contributed by atoms with Crippen molar-refractivity contribution in [2.75, 3.05) is 7.11 Å². The van der Waals surface area contributed by atoms with Gasteiger partial charge in [0.2, 0.25) is 0 Å². The van der Waals surface area contributed by atoms with Gasteiger partial charge < -0.3 is 9.47 Å². The molecule has 3 aromatic carbocycles. The number of benzene rings is 3. The van der Waals surface area contributed by atoms with Gasteiger partial charge in [0.1, 0.15) is 12.4 Å². The second-order valence-electron chi connectivity index (χ2n) is 6.15. The van der Waals surface area contributed by atoms with Crippen molar-refractivity contribution < 1.29 is 13.9 Å². The number of rotatable bonds is 6. The Morgan fingerprint density at radius 2 is 1.83 bits per heavy atom. The average Bonchev–Trinajstić information content (AvgIpc) is 2.76. The van der Waals surface area contributed by atoms with Crippen LogP contribution in [-0.2, 0) is 6.61 Å². The van der Waals surface area contributed by atoms with E-state index in [0.717, 1.165) is 5.56 Å². The molecule has 0 saturated carbocycles. The van der Waals surface area contributed by atoms with Crippen LogP contribution in [0, 0.1) is 28.5 Å². The van der Waals surface area contributed by atoms with Crippen LogP contribution in [-0.4, -0.2) is 7.11 Å². The molecular weight excluding hydrogens is 367 g/mol. The number of ether oxygens (including phenoxy) is 2. The molecule has 0 unspecified atom stereocenters. The molecule has 5 heteroatoms. The summed E-state index contributed by atoms with van der Waals surface area (Å²) in [5, 5.41) is 18.6. The number of nitriles is 2. The minimum atomic E-state index is -0.400. The Bertz CT molecular complexity index is 1140. The molecular formula is C24H17FN2O2. The van der Waals surface area contributed by atoms with Gasteiger partial charge in [-0.1, -0.05) is 36.4 Å². The predicted molar refractivity (Wildman–Crippen MR) is 108 cm³/mol. The molecule has 0 heterocycles. The van der Waals surface area contributed by atoms with Gasteiger partial charge in [0.15, 0.2) is 11.5 Å². The first-order valence-electron chi connectivity index (χ1n) is 8.81. The molecule has 0 atom stereocenters. The summed E-state index contributed by atoms with van der Waals surface area (Å²) in [6, 6.07) is 22.6. The van der Waals surface area contributed by atoms with E-state index in [-0.39, 0.29) is 6.61 Å². The number of allylic oxidation sites excluding steroid dienone is 1. The number of halogens is 1. The largest absolute Gasteiger partial charge is 0.493 e. The molecule has 0 bridgehead atoms. The molecule has 0 spiro atoms. The van der Waals surface area contributed by atoms with Crippen LogP contribution in [0.5, 0.6) is 11.5 Å². The summed E-state index contributed by atoms with van der Waals surface area (Å²) in [6.07, 6.45) is 1.66. The summed E-state index contributed by atoms with van der Waals surface area (Å²) in [5.41, 5.74) is 2.88. The zero-order chi connectivity index (χ0) is 20.6. The smallest absolute Gasteiger partial charge is 0.161 e. The first kappa shape index (κ1) is 19.7. The molecule has 0 N–H and O–H groups in total. The Hall–Kier alpha value is -4.09. The van der Waals surface area contributed by atoms with Crippen molar-refractivity contribution >= 4 is 11.6 Å². The molecule has 29 heavy (non-hydrogen) atoms.